The van der Waals surface area contributed by atoms with Crippen LogP contribution >= 0.6 is 0 Å². The van der Waals surface area contributed by atoms with Gasteiger partial charge in [0.25, 0.3) is 0 Å². The lowest BCUT2D eigenvalue weighted by Crippen LogP contribution is -2.39. The normalized spacial score (nSPS) is 24.0. The van der Waals surface area contributed by atoms with E-state index in [9.17, 15) is 0 Å². The summed E-state index contributed by atoms with van der Waals surface area (Å²) < 4.78 is 0. The van der Waals surface area contributed by atoms with Crippen molar-refractivity contribution in [2.75, 3.05) is 11.9 Å². The van der Waals surface area contributed by atoms with Crippen LogP contribution < -0.4 is 5.32 Å². The van der Waals surface area contributed by atoms with Crippen molar-refractivity contribution in [3.63, 3.8) is 0 Å². The van der Waals surface area contributed by atoms with E-state index in [4.69, 9.17) is 0 Å². The van der Waals surface area contributed by atoms with Crippen molar-refractivity contribution < 1.29 is 0 Å². The van der Waals surface area contributed by atoms with Crippen molar-refractivity contribution in [2.45, 2.75) is 44.3 Å². The highest BCUT2D eigenvalue weighted by Crippen LogP contribution is 2.42. The second-order valence-corrected chi connectivity index (χ2v) is 9.78. The third-order valence-electron chi connectivity index (χ3n) is 4.27. The Morgan fingerprint density at radius 1 is 1.25 bits per heavy atom. The Morgan fingerprint density at radius 3 is 2.62 bits per heavy atom. The number of anilines is 1. The molecule has 0 aliphatic carbocycles. The van der Waals surface area contributed by atoms with Crippen molar-refractivity contribution in [1.29, 1.82) is 0 Å². The molecule has 0 saturated carbocycles. The van der Waals surface area contributed by atoms with Gasteiger partial charge >= 0.3 is 0 Å². The lowest BCUT2D eigenvalue weighted by Gasteiger charge is -2.41. The number of rotatable bonds is 3. The molecule has 0 spiro atoms. The summed E-state index contributed by atoms with van der Waals surface area (Å²) in [6.45, 7) is 8.45. The van der Waals surface area contributed by atoms with Crippen LogP contribution in [-0.2, 0) is 6.42 Å². The molecule has 88 valence electrons. The molecule has 1 N–H and O–H groups in total. The first-order valence-electron chi connectivity index (χ1n) is 6.51. The second kappa shape index (κ2) is 4.62. The van der Waals surface area contributed by atoms with E-state index >= 15 is 0 Å². The molecule has 1 atom stereocenters. The summed E-state index contributed by atoms with van der Waals surface area (Å²) in [7, 11) is -0.610. The average Bonchev–Trinajstić information content (AvgIpc) is 2.30. The van der Waals surface area contributed by atoms with Crippen LogP contribution in [0.4, 0.5) is 5.69 Å². The van der Waals surface area contributed by atoms with E-state index in [1.807, 2.05) is 0 Å². The number of hydrogen-bond acceptors (Lipinski definition) is 1. The van der Waals surface area contributed by atoms with Gasteiger partial charge in [-0.15, -0.1) is 0 Å². The second-order valence-electron chi connectivity index (χ2n) is 5.35. The highest BCUT2D eigenvalue weighted by atomic mass is 28.3. The summed E-state index contributed by atoms with van der Waals surface area (Å²) in [5, 5.41) is 4.20. The van der Waals surface area contributed by atoms with Crippen LogP contribution in [0.15, 0.2) is 24.3 Å². The molecule has 1 heterocycles. The molecule has 1 nitrogen and oxygen atoms in total. The van der Waals surface area contributed by atoms with E-state index in [0.717, 1.165) is 0 Å². The maximum Gasteiger partial charge on any atom is 0.0450 e. The molecule has 0 amide bonds. The predicted octanol–water partition coefficient (Wildman–Crippen LogP) is 3.68. The van der Waals surface area contributed by atoms with Crippen LogP contribution in [0, 0.1) is 0 Å². The topological polar surface area (TPSA) is 12.0 Å². The van der Waals surface area contributed by atoms with Crippen molar-refractivity contribution in [2.24, 2.45) is 0 Å². The van der Waals surface area contributed by atoms with E-state index < -0.39 is 8.80 Å². The molecule has 2 heteroatoms. The largest absolute Gasteiger partial charge is 0.385 e. The molecule has 1 aliphatic rings. The highest BCUT2D eigenvalue weighted by molar-refractivity contribution is 6.62. The number of benzene rings is 1. The minimum Gasteiger partial charge on any atom is -0.385 e. The number of hydrogen-bond donors (Lipinski definition) is 1. The summed E-state index contributed by atoms with van der Waals surface area (Å²) >= 11 is 0. The third kappa shape index (κ3) is 2.03. The van der Waals surface area contributed by atoms with Crippen molar-refractivity contribution >= 4 is 14.5 Å². The lowest BCUT2D eigenvalue weighted by molar-refractivity contribution is 0.596. The van der Waals surface area contributed by atoms with Crippen LogP contribution in [0.1, 0.15) is 26.3 Å². The van der Waals surface area contributed by atoms with Crippen LogP contribution in [0.2, 0.25) is 17.1 Å². The van der Waals surface area contributed by atoms with Gasteiger partial charge in [-0.1, -0.05) is 51.1 Å². The summed E-state index contributed by atoms with van der Waals surface area (Å²) in [6, 6.07) is 11.7. The molecule has 0 radical (unpaired) electrons. The molecule has 1 aromatic rings. The van der Waals surface area contributed by atoms with Gasteiger partial charge in [-0.05, 0) is 23.1 Å². The standard InChI is InChI=1S/C14H23NSi/c1-4-16(5-2)14(3)10-12-8-6-7-9-13(12)15-11-14/h6-9,15-16H,4-5,10-11H2,1-3H3. The molecule has 1 aromatic carbocycles. The molecule has 0 fully saturated rings. The SMILES string of the molecule is CC[SiH](CC)C1(C)CNc2ccccc2C1. The van der Waals surface area contributed by atoms with Crippen LogP contribution in [0.25, 0.3) is 0 Å². The predicted molar refractivity (Wildman–Crippen MR) is 75.1 cm³/mol. The molecule has 1 unspecified atom stereocenters. The summed E-state index contributed by atoms with van der Waals surface area (Å²) in [5.74, 6) is 0. The summed E-state index contributed by atoms with van der Waals surface area (Å²) in [5.41, 5.74) is 2.88. The zero-order valence-corrected chi connectivity index (χ0v) is 11.9. The maximum absolute atomic E-state index is 3.64. The number of nitrogens with one attached hydrogen (secondary N) is 1. The van der Waals surface area contributed by atoms with Crippen molar-refractivity contribution in [1.82, 2.24) is 0 Å². The van der Waals surface area contributed by atoms with Crippen molar-refractivity contribution in [3.05, 3.63) is 29.8 Å². The Bertz CT molecular complexity index is 360. The van der Waals surface area contributed by atoms with E-state index in [0.29, 0.717) is 5.04 Å². The lowest BCUT2D eigenvalue weighted by atomic mass is 9.94. The first-order chi connectivity index (χ1) is 7.69. The first-order valence-corrected chi connectivity index (χ1v) is 8.72. The smallest absolute Gasteiger partial charge is 0.0450 e. The van der Waals surface area contributed by atoms with E-state index in [1.54, 1.807) is 0 Å². The first kappa shape index (κ1) is 11.7. The maximum atomic E-state index is 3.64. The quantitative estimate of drug-likeness (QED) is 0.785. The van der Waals surface area contributed by atoms with Gasteiger partial charge in [-0.2, -0.15) is 0 Å². The monoisotopic (exact) mass is 233 g/mol. The average molecular weight is 233 g/mol. The zero-order chi connectivity index (χ0) is 11.6. The molecule has 0 aromatic heterocycles. The van der Waals surface area contributed by atoms with E-state index in [1.165, 1.54) is 36.3 Å². The van der Waals surface area contributed by atoms with Gasteiger partial charge in [0.15, 0.2) is 0 Å². The van der Waals surface area contributed by atoms with Gasteiger partial charge < -0.3 is 5.32 Å². The Morgan fingerprint density at radius 2 is 1.94 bits per heavy atom. The Hall–Kier alpha value is -0.763. The minimum atomic E-state index is -0.610. The van der Waals surface area contributed by atoms with Gasteiger partial charge in [-0.25, -0.2) is 0 Å². The number of para-hydroxylation sites is 1. The summed E-state index contributed by atoms with van der Waals surface area (Å²) in [6.07, 6.45) is 1.29. The van der Waals surface area contributed by atoms with Gasteiger partial charge in [0.1, 0.15) is 0 Å². The summed E-state index contributed by atoms with van der Waals surface area (Å²) in [4.78, 5) is 0. The van der Waals surface area contributed by atoms with Gasteiger partial charge in [0.05, 0.1) is 0 Å². The Balaban J connectivity index is 2.23. The molecular weight excluding hydrogens is 210 g/mol. The molecule has 2 rings (SSSR count). The molecule has 0 bridgehead atoms. The van der Waals surface area contributed by atoms with Crippen LogP contribution in [-0.4, -0.2) is 15.3 Å². The third-order valence-corrected chi connectivity index (χ3v) is 8.62. The molecule has 16 heavy (non-hydrogen) atoms. The fourth-order valence-electron chi connectivity index (χ4n) is 3.20. The fourth-order valence-corrected chi connectivity index (χ4v) is 6.65. The molecule has 0 saturated heterocycles. The molecular formula is C14H23NSi. The Kier molecular flexibility index (Phi) is 3.38. The number of fused-ring (bicyclic) bond motifs is 1. The highest BCUT2D eigenvalue weighted by Gasteiger charge is 2.36. The van der Waals surface area contributed by atoms with Gasteiger partial charge in [-0.3, -0.25) is 0 Å². The Labute approximate surface area is 101 Å². The molecule has 1 aliphatic heterocycles. The fraction of sp³-hybridized carbons (Fsp3) is 0.571. The minimum absolute atomic E-state index is 0.567. The van der Waals surface area contributed by atoms with Gasteiger partial charge in [0.2, 0.25) is 0 Å². The van der Waals surface area contributed by atoms with E-state index in [2.05, 4.69) is 50.4 Å². The van der Waals surface area contributed by atoms with Gasteiger partial charge in [0, 0.05) is 21.0 Å². The zero-order valence-electron chi connectivity index (χ0n) is 10.7. The van der Waals surface area contributed by atoms with E-state index in [-0.39, 0.29) is 0 Å². The van der Waals surface area contributed by atoms with Crippen LogP contribution in [0.3, 0.4) is 0 Å². The van der Waals surface area contributed by atoms with Crippen molar-refractivity contribution in [3.8, 4) is 0 Å². The van der Waals surface area contributed by atoms with Crippen LogP contribution in [0.5, 0.6) is 0 Å².